The van der Waals surface area contributed by atoms with Crippen LogP contribution in [0.1, 0.15) is 29.5 Å². The van der Waals surface area contributed by atoms with Gasteiger partial charge in [-0.2, -0.15) is 0 Å². The van der Waals surface area contributed by atoms with E-state index in [1.807, 2.05) is 30.9 Å². The van der Waals surface area contributed by atoms with Gasteiger partial charge in [-0.05, 0) is 67.6 Å². The number of urea groups is 1. The second-order valence-electron chi connectivity index (χ2n) is 7.85. The van der Waals surface area contributed by atoms with Gasteiger partial charge in [-0.1, -0.05) is 12.1 Å². The minimum Gasteiger partial charge on any atom is -0.507 e. The lowest BCUT2D eigenvalue weighted by Crippen LogP contribution is -2.48. The zero-order chi connectivity index (χ0) is 17.0. The monoisotopic (exact) mass is 330 g/mol. The van der Waals surface area contributed by atoms with Crippen molar-refractivity contribution in [2.75, 3.05) is 13.1 Å². The van der Waals surface area contributed by atoms with Gasteiger partial charge in [0.2, 0.25) is 0 Å². The molecule has 3 N–H and O–H groups in total. The van der Waals surface area contributed by atoms with E-state index in [0.29, 0.717) is 30.0 Å². The summed E-state index contributed by atoms with van der Waals surface area (Å²) in [6.07, 6.45) is 2.58. The molecule has 0 unspecified atom stereocenters. The molecule has 1 saturated heterocycles. The van der Waals surface area contributed by atoms with E-state index in [1.165, 1.54) is 0 Å². The number of rotatable bonds is 3. The molecule has 0 spiro atoms. The second-order valence-corrected chi connectivity index (χ2v) is 7.85. The number of phenols is 1. The van der Waals surface area contributed by atoms with E-state index < -0.39 is 0 Å². The van der Waals surface area contributed by atoms with Gasteiger partial charge >= 0.3 is 6.03 Å². The van der Waals surface area contributed by atoms with E-state index in [4.69, 9.17) is 0 Å². The molecule has 2 bridgehead atoms. The van der Waals surface area contributed by atoms with Gasteiger partial charge < -0.3 is 20.4 Å². The first kappa shape index (κ1) is 15.8. The lowest BCUT2D eigenvalue weighted by molar-refractivity contribution is 0.0609. The number of likely N-dealkylation sites (tertiary alicyclic amines) is 1. The molecule has 1 aromatic carbocycles. The molecule has 24 heavy (non-hydrogen) atoms. The molecule has 5 atom stereocenters. The number of phenolic OH excluding ortho intramolecular Hbond substituents is 1. The number of aryl methyl sites for hydroxylation is 2. The van der Waals surface area contributed by atoms with Crippen LogP contribution in [0.3, 0.4) is 0 Å². The number of nitrogens with one attached hydrogen (secondary N) is 1. The van der Waals surface area contributed by atoms with E-state index in [0.717, 1.165) is 42.5 Å². The van der Waals surface area contributed by atoms with Gasteiger partial charge in [0.05, 0.1) is 12.1 Å². The molecular weight excluding hydrogens is 304 g/mol. The standard InChI is InChI=1S/C19H26N2O3/c1-10-5-12(6-11(2)17(10)22)3-4-20-19(24)21-9-14-7-13-8-15(14)16(21)18(13)23/h5-6,13-16,18,22-23H,3-4,7-9H2,1-2H3,(H,20,24)/t13-,14-,15+,16-,18+/m0/s1. The van der Waals surface area contributed by atoms with Gasteiger partial charge in [0, 0.05) is 13.1 Å². The molecule has 3 aliphatic rings. The average molecular weight is 330 g/mol. The number of hydrogen-bond acceptors (Lipinski definition) is 3. The molecule has 1 aromatic rings. The first-order chi connectivity index (χ1) is 11.5. The van der Waals surface area contributed by atoms with Crippen LogP contribution in [0.5, 0.6) is 5.75 Å². The Kier molecular flexibility index (Phi) is 3.71. The highest BCUT2D eigenvalue weighted by Gasteiger charge is 2.59. The SMILES string of the molecule is Cc1cc(CCNC(=O)N2C[C@@H]3C[C@H]4C[C@H]3[C@H]2[C@@H]4O)cc(C)c1O. The Hall–Kier alpha value is -1.75. The maximum absolute atomic E-state index is 12.5. The number of aliphatic hydroxyl groups is 1. The molecule has 0 radical (unpaired) electrons. The summed E-state index contributed by atoms with van der Waals surface area (Å²) in [7, 11) is 0. The van der Waals surface area contributed by atoms with Crippen LogP contribution in [0.15, 0.2) is 12.1 Å². The molecule has 0 aromatic heterocycles. The van der Waals surface area contributed by atoms with Gasteiger partial charge in [0.15, 0.2) is 0 Å². The van der Waals surface area contributed by atoms with E-state index in [9.17, 15) is 15.0 Å². The molecule has 4 rings (SSSR count). The Labute approximate surface area is 142 Å². The number of carbonyl (C=O) groups excluding carboxylic acids is 1. The van der Waals surface area contributed by atoms with Crippen LogP contribution in [-0.4, -0.2) is 46.4 Å². The first-order valence-electron chi connectivity index (χ1n) is 8.97. The summed E-state index contributed by atoms with van der Waals surface area (Å²) in [5, 5.41) is 23.2. The molecule has 5 heteroatoms. The average Bonchev–Trinajstić information content (AvgIpc) is 3.14. The van der Waals surface area contributed by atoms with Crippen LogP contribution in [0, 0.1) is 31.6 Å². The molecule has 2 saturated carbocycles. The Balaban J connectivity index is 1.35. The summed E-state index contributed by atoms with van der Waals surface area (Å²) in [5.41, 5.74) is 2.85. The number of fused-ring (bicyclic) bond motifs is 1. The highest BCUT2D eigenvalue weighted by atomic mass is 16.3. The third-order valence-corrected chi connectivity index (χ3v) is 6.35. The quantitative estimate of drug-likeness (QED) is 0.793. The minimum absolute atomic E-state index is 0.0342. The summed E-state index contributed by atoms with van der Waals surface area (Å²) < 4.78 is 0. The third-order valence-electron chi connectivity index (χ3n) is 6.35. The number of benzene rings is 1. The topological polar surface area (TPSA) is 72.8 Å². The van der Waals surface area contributed by atoms with Gasteiger partial charge in [0.1, 0.15) is 5.75 Å². The van der Waals surface area contributed by atoms with E-state index >= 15 is 0 Å². The second kappa shape index (κ2) is 5.66. The van der Waals surface area contributed by atoms with Crippen LogP contribution in [-0.2, 0) is 6.42 Å². The highest BCUT2D eigenvalue weighted by molar-refractivity contribution is 5.75. The first-order valence-corrected chi connectivity index (χ1v) is 8.97. The third kappa shape index (κ3) is 2.37. The van der Waals surface area contributed by atoms with Crippen molar-refractivity contribution < 1.29 is 15.0 Å². The Morgan fingerprint density at radius 1 is 1.25 bits per heavy atom. The number of nitrogens with zero attached hydrogens (tertiary/aromatic N) is 1. The molecule has 130 valence electrons. The fraction of sp³-hybridized carbons (Fsp3) is 0.632. The van der Waals surface area contributed by atoms with Crippen LogP contribution >= 0.6 is 0 Å². The smallest absolute Gasteiger partial charge is 0.317 e. The van der Waals surface area contributed by atoms with Crippen LogP contribution in [0.2, 0.25) is 0 Å². The Bertz CT molecular complexity index is 650. The molecular formula is C19H26N2O3. The molecule has 2 amide bonds. The van der Waals surface area contributed by atoms with Crippen LogP contribution in [0.25, 0.3) is 0 Å². The molecule has 5 nitrogen and oxygen atoms in total. The zero-order valence-corrected chi connectivity index (χ0v) is 14.3. The van der Waals surface area contributed by atoms with Crippen molar-refractivity contribution in [1.82, 2.24) is 10.2 Å². The summed E-state index contributed by atoms with van der Waals surface area (Å²) in [4.78, 5) is 14.4. The van der Waals surface area contributed by atoms with Crippen LogP contribution in [0.4, 0.5) is 4.79 Å². The fourth-order valence-corrected chi connectivity index (χ4v) is 5.25. The van der Waals surface area contributed by atoms with Gasteiger partial charge in [-0.25, -0.2) is 4.79 Å². The fourth-order valence-electron chi connectivity index (χ4n) is 5.25. The minimum atomic E-state index is -0.332. The van der Waals surface area contributed by atoms with Crippen molar-refractivity contribution in [1.29, 1.82) is 0 Å². The van der Waals surface area contributed by atoms with Gasteiger partial charge in [-0.3, -0.25) is 0 Å². The van der Waals surface area contributed by atoms with E-state index in [1.54, 1.807) is 0 Å². The number of carbonyl (C=O) groups is 1. The van der Waals surface area contributed by atoms with Crippen molar-refractivity contribution in [2.45, 2.75) is 45.3 Å². The lowest BCUT2D eigenvalue weighted by atomic mass is 9.88. The number of hydrogen-bond donors (Lipinski definition) is 3. The van der Waals surface area contributed by atoms with E-state index in [2.05, 4.69) is 5.32 Å². The predicted molar refractivity (Wildman–Crippen MR) is 90.9 cm³/mol. The van der Waals surface area contributed by atoms with E-state index in [-0.39, 0.29) is 18.2 Å². The molecule has 3 fully saturated rings. The number of aliphatic hydroxyl groups excluding tert-OH is 1. The molecule has 2 aliphatic carbocycles. The maximum Gasteiger partial charge on any atom is 0.317 e. The van der Waals surface area contributed by atoms with Crippen molar-refractivity contribution in [3.8, 4) is 5.75 Å². The van der Waals surface area contributed by atoms with Gasteiger partial charge in [0.25, 0.3) is 0 Å². The molecule has 1 aliphatic heterocycles. The Morgan fingerprint density at radius 3 is 2.62 bits per heavy atom. The molecule has 1 heterocycles. The summed E-state index contributed by atoms with van der Waals surface area (Å²) in [6.45, 7) is 5.15. The Morgan fingerprint density at radius 2 is 1.96 bits per heavy atom. The zero-order valence-electron chi connectivity index (χ0n) is 14.3. The number of aromatic hydroxyl groups is 1. The van der Waals surface area contributed by atoms with Crippen molar-refractivity contribution in [3.63, 3.8) is 0 Å². The maximum atomic E-state index is 12.5. The normalized spacial score (nSPS) is 33.3. The highest BCUT2D eigenvalue weighted by Crippen LogP contribution is 2.54. The lowest BCUT2D eigenvalue weighted by Gasteiger charge is -2.29. The van der Waals surface area contributed by atoms with Gasteiger partial charge in [-0.15, -0.1) is 0 Å². The summed E-state index contributed by atoms with van der Waals surface area (Å²) in [6, 6.07) is 3.93. The largest absolute Gasteiger partial charge is 0.507 e. The predicted octanol–water partition coefficient (Wildman–Crippen LogP) is 1.96. The summed E-state index contributed by atoms with van der Waals surface area (Å²) in [5.74, 6) is 1.86. The van der Waals surface area contributed by atoms with Crippen molar-refractivity contribution >= 4 is 6.03 Å². The van der Waals surface area contributed by atoms with Crippen LogP contribution < -0.4 is 5.32 Å². The summed E-state index contributed by atoms with van der Waals surface area (Å²) >= 11 is 0. The van der Waals surface area contributed by atoms with Crippen molar-refractivity contribution in [3.05, 3.63) is 28.8 Å². The van der Waals surface area contributed by atoms with Crippen molar-refractivity contribution in [2.24, 2.45) is 17.8 Å². The number of amides is 2.